The van der Waals surface area contributed by atoms with E-state index in [-0.39, 0.29) is 23.1 Å². The Bertz CT molecular complexity index is 565. The van der Waals surface area contributed by atoms with Crippen LogP contribution in [0, 0.1) is 0 Å². The maximum absolute atomic E-state index is 11.6. The standard InChI is InChI=1S/C9H14ClN3O3S/c1-6(2)17(15,16)4-3-13-5-12-8(10)7(11)9(13)14/h5-6H,3-4,11H2,1-2H3. The number of aromatic nitrogens is 2. The van der Waals surface area contributed by atoms with Gasteiger partial charge in [0.25, 0.3) is 5.56 Å². The highest BCUT2D eigenvalue weighted by atomic mass is 35.5. The first-order valence-electron chi connectivity index (χ1n) is 4.97. The molecule has 0 saturated carbocycles. The number of nitrogens with zero attached hydrogens (tertiary/aromatic N) is 2. The van der Waals surface area contributed by atoms with Crippen molar-refractivity contribution < 1.29 is 8.42 Å². The molecule has 0 bridgehead atoms. The number of sulfone groups is 1. The van der Waals surface area contributed by atoms with Gasteiger partial charge in [0.1, 0.15) is 5.69 Å². The van der Waals surface area contributed by atoms with E-state index in [4.69, 9.17) is 17.3 Å². The molecule has 1 heterocycles. The van der Waals surface area contributed by atoms with E-state index >= 15 is 0 Å². The van der Waals surface area contributed by atoms with Gasteiger partial charge in [-0.1, -0.05) is 11.6 Å². The van der Waals surface area contributed by atoms with Crippen molar-refractivity contribution >= 4 is 27.1 Å². The molecular formula is C9H14ClN3O3S. The fourth-order valence-corrected chi connectivity index (χ4v) is 2.15. The minimum Gasteiger partial charge on any atom is -0.392 e. The van der Waals surface area contributed by atoms with Gasteiger partial charge in [-0.2, -0.15) is 0 Å². The van der Waals surface area contributed by atoms with E-state index in [1.165, 1.54) is 6.33 Å². The predicted octanol–water partition coefficient (Wildman–Crippen LogP) is 0.302. The van der Waals surface area contributed by atoms with Gasteiger partial charge in [0.2, 0.25) is 0 Å². The summed E-state index contributed by atoms with van der Waals surface area (Å²) >= 11 is 5.56. The summed E-state index contributed by atoms with van der Waals surface area (Å²) in [5.41, 5.74) is 4.71. The van der Waals surface area contributed by atoms with E-state index in [0.29, 0.717) is 0 Å². The van der Waals surface area contributed by atoms with Crippen molar-refractivity contribution in [1.29, 1.82) is 0 Å². The molecule has 0 radical (unpaired) electrons. The Kier molecular flexibility index (Phi) is 4.16. The molecule has 0 atom stereocenters. The molecule has 0 fully saturated rings. The van der Waals surface area contributed by atoms with Crippen LogP contribution < -0.4 is 11.3 Å². The highest BCUT2D eigenvalue weighted by molar-refractivity contribution is 7.91. The van der Waals surface area contributed by atoms with Gasteiger partial charge in [0.05, 0.1) is 17.3 Å². The molecule has 1 aromatic rings. The van der Waals surface area contributed by atoms with Crippen LogP contribution in [-0.2, 0) is 16.4 Å². The molecule has 1 rings (SSSR count). The molecule has 1 aromatic heterocycles. The molecule has 0 amide bonds. The van der Waals surface area contributed by atoms with E-state index in [9.17, 15) is 13.2 Å². The topological polar surface area (TPSA) is 95.1 Å². The number of hydrogen-bond donors (Lipinski definition) is 1. The highest BCUT2D eigenvalue weighted by Gasteiger charge is 2.16. The molecule has 2 N–H and O–H groups in total. The first-order chi connectivity index (χ1) is 7.75. The van der Waals surface area contributed by atoms with Gasteiger partial charge in [0, 0.05) is 6.54 Å². The highest BCUT2D eigenvalue weighted by Crippen LogP contribution is 2.08. The zero-order chi connectivity index (χ0) is 13.2. The maximum atomic E-state index is 11.6. The number of nitrogens with two attached hydrogens (primary N) is 1. The van der Waals surface area contributed by atoms with Crippen LogP contribution in [0.1, 0.15) is 13.8 Å². The third-order valence-electron chi connectivity index (χ3n) is 2.36. The van der Waals surface area contributed by atoms with Crippen molar-refractivity contribution in [2.45, 2.75) is 25.6 Å². The normalized spacial score (nSPS) is 12.0. The number of rotatable bonds is 4. The third-order valence-corrected chi connectivity index (χ3v) is 4.85. The van der Waals surface area contributed by atoms with E-state index in [0.717, 1.165) is 4.57 Å². The second-order valence-corrected chi connectivity index (χ2v) is 6.90. The minimum atomic E-state index is -3.20. The van der Waals surface area contributed by atoms with E-state index in [1.807, 2.05) is 0 Å². The Morgan fingerprint density at radius 2 is 2.12 bits per heavy atom. The summed E-state index contributed by atoms with van der Waals surface area (Å²) in [4.78, 5) is 15.3. The molecule has 0 aliphatic heterocycles. The van der Waals surface area contributed by atoms with Crippen LogP contribution >= 0.6 is 11.6 Å². The Labute approximate surface area is 104 Å². The molecule has 8 heteroatoms. The lowest BCUT2D eigenvalue weighted by Crippen LogP contribution is -2.28. The van der Waals surface area contributed by atoms with Gasteiger partial charge >= 0.3 is 0 Å². The lowest BCUT2D eigenvalue weighted by Gasteiger charge is -2.09. The van der Waals surface area contributed by atoms with Crippen molar-refractivity contribution in [1.82, 2.24) is 9.55 Å². The first-order valence-corrected chi connectivity index (χ1v) is 7.07. The zero-order valence-electron chi connectivity index (χ0n) is 9.55. The summed E-state index contributed by atoms with van der Waals surface area (Å²) in [5.74, 6) is -0.132. The third kappa shape index (κ3) is 3.19. The molecular weight excluding hydrogens is 266 g/mol. The number of halogens is 1. The summed E-state index contributed by atoms with van der Waals surface area (Å²) in [7, 11) is -3.20. The largest absolute Gasteiger partial charge is 0.392 e. The van der Waals surface area contributed by atoms with Crippen LogP contribution in [0.5, 0.6) is 0 Å². The van der Waals surface area contributed by atoms with Gasteiger partial charge in [-0.3, -0.25) is 9.36 Å². The molecule has 0 saturated heterocycles. The minimum absolute atomic E-state index is 0.0215. The Hall–Kier alpha value is -1.08. The van der Waals surface area contributed by atoms with Crippen LogP contribution in [0.2, 0.25) is 5.15 Å². The number of nitrogen functional groups attached to an aromatic ring is 1. The molecule has 0 aliphatic rings. The van der Waals surface area contributed by atoms with Crippen LogP contribution in [0.3, 0.4) is 0 Å². The Balaban J connectivity index is 2.93. The van der Waals surface area contributed by atoms with Crippen LogP contribution in [0.15, 0.2) is 11.1 Å². The second-order valence-electron chi connectivity index (χ2n) is 3.86. The fourth-order valence-electron chi connectivity index (χ4n) is 1.11. The molecule has 0 spiro atoms. The summed E-state index contributed by atoms with van der Waals surface area (Å²) in [6, 6.07) is 0. The van der Waals surface area contributed by atoms with E-state index in [1.54, 1.807) is 13.8 Å². The van der Waals surface area contributed by atoms with Crippen molar-refractivity contribution in [3.8, 4) is 0 Å². The van der Waals surface area contributed by atoms with Gasteiger partial charge in [-0.25, -0.2) is 13.4 Å². The SMILES string of the molecule is CC(C)S(=O)(=O)CCn1cnc(Cl)c(N)c1=O. The quantitative estimate of drug-likeness (QED) is 0.800. The van der Waals surface area contributed by atoms with Crippen molar-refractivity contribution in [2.75, 3.05) is 11.5 Å². The average Bonchev–Trinajstić information content (AvgIpc) is 2.25. The lowest BCUT2D eigenvalue weighted by atomic mass is 10.5. The van der Waals surface area contributed by atoms with Crippen molar-refractivity contribution in [3.05, 3.63) is 21.8 Å². The van der Waals surface area contributed by atoms with Crippen LogP contribution in [0.25, 0.3) is 0 Å². The summed E-state index contributed by atoms with van der Waals surface area (Å²) < 4.78 is 24.3. The average molecular weight is 280 g/mol. The summed E-state index contributed by atoms with van der Waals surface area (Å²) in [6.07, 6.45) is 1.19. The van der Waals surface area contributed by atoms with Crippen molar-refractivity contribution in [3.63, 3.8) is 0 Å². The van der Waals surface area contributed by atoms with Crippen molar-refractivity contribution in [2.24, 2.45) is 0 Å². The smallest absolute Gasteiger partial charge is 0.278 e. The fraction of sp³-hybridized carbons (Fsp3) is 0.556. The first kappa shape index (κ1) is 14.0. The predicted molar refractivity (Wildman–Crippen MR) is 66.8 cm³/mol. The summed E-state index contributed by atoms with van der Waals surface area (Å²) in [6.45, 7) is 3.20. The van der Waals surface area contributed by atoms with Gasteiger partial charge in [-0.15, -0.1) is 0 Å². The zero-order valence-corrected chi connectivity index (χ0v) is 11.1. The van der Waals surface area contributed by atoms with Gasteiger partial charge in [-0.05, 0) is 13.8 Å². The van der Waals surface area contributed by atoms with Gasteiger partial charge < -0.3 is 5.73 Å². The second kappa shape index (κ2) is 5.05. The van der Waals surface area contributed by atoms with E-state index < -0.39 is 20.6 Å². The number of anilines is 1. The molecule has 0 unspecified atom stereocenters. The lowest BCUT2D eigenvalue weighted by molar-refractivity contribution is 0.578. The number of aryl methyl sites for hydroxylation is 1. The number of hydrogen-bond acceptors (Lipinski definition) is 5. The monoisotopic (exact) mass is 279 g/mol. The molecule has 96 valence electrons. The van der Waals surface area contributed by atoms with Gasteiger partial charge in [0.15, 0.2) is 15.0 Å². The molecule has 0 aliphatic carbocycles. The maximum Gasteiger partial charge on any atom is 0.278 e. The molecule has 6 nitrogen and oxygen atoms in total. The molecule has 0 aromatic carbocycles. The van der Waals surface area contributed by atoms with Crippen LogP contribution in [-0.4, -0.2) is 29.0 Å². The molecule has 17 heavy (non-hydrogen) atoms. The Morgan fingerprint density at radius 1 is 1.53 bits per heavy atom. The van der Waals surface area contributed by atoms with E-state index in [2.05, 4.69) is 4.98 Å². The van der Waals surface area contributed by atoms with Crippen LogP contribution in [0.4, 0.5) is 5.69 Å². The Morgan fingerprint density at radius 3 is 2.65 bits per heavy atom. The summed E-state index contributed by atoms with van der Waals surface area (Å²) in [5, 5.41) is -0.547.